The topological polar surface area (TPSA) is 109 Å². The van der Waals surface area contributed by atoms with Crippen LogP contribution in [0.4, 0.5) is 43.7 Å². The molecule has 0 amide bonds. The molecule has 3 N–H and O–H groups in total. The highest BCUT2D eigenvalue weighted by molar-refractivity contribution is 5.63. The number of nitrogens with one attached hydrogen (secondary N) is 2. The molecule has 3 aromatic heterocycles. The molecule has 1 unspecified atom stereocenters. The average Bonchev–Trinajstić information content (AvgIpc) is 2.72. The lowest BCUT2D eigenvalue weighted by molar-refractivity contribution is -0.141. The molecule has 14 heteroatoms. The SMILES string of the molecule is CC(CO)Nc1cc(Nc2ccnc(C(F)(F)F)c2)nc(-c2nccc(C(F)(F)F)n2)n1. The Hall–Kier alpha value is -3.55. The summed E-state index contributed by atoms with van der Waals surface area (Å²) in [5.74, 6) is -0.749. The van der Waals surface area contributed by atoms with Gasteiger partial charge in [0.05, 0.1) is 6.61 Å². The number of halogens is 6. The fourth-order valence-corrected chi connectivity index (χ4v) is 2.42. The van der Waals surface area contributed by atoms with E-state index in [4.69, 9.17) is 0 Å². The average molecular weight is 459 g/mol. The van der Waals surface area contributed by atoms with Crippen molar-refractivity contribution in [3.05, 3.63) is 48.0 Å². The van der Waals surface area contributed by atoms with Crippen LogP contribution >= 0.6 is 0 Å². The van der Waals surface area contributed by atoms with Gasteiger partial charge in [0.25, 0.3) is 0 Å². The molecule has 0 radical (unpaired) electrons. The molecule has 0 fully saturated rings. The van der Waals surface area contributed by atoms with Crippen molar-refractivity contribution >= 4 is 17.3 Å². The predicted octanol–water partition coefficient (Wildman–Crippen LogP) is 3.90. The van der Waals surface area contributed by atoms with Crippen molar-refractivity contribution in [3.8, 4) is 11.6 Å². The third kappa shape index (κ3) is 5.78. The van der Waals surface area contributed by atoms with Gasteiger partial charge in [0.2, 0.25) is 5.82 Å². The molecule has 0 aliphatic rings. The van der Waals surface area contributed by atoms with Crippen LogP contribution in [-0.2, 0) is 12.4 Å². The van der Waals surface area contributed by atoms with Crippen LogP contribution < -0.4 is 10.6 Å². The molecular weight excluding hydrogens is 444 g/mol. The monoisotopic (exact) mass is 459 g/mol. The Morgan fingerprint density at radius 1 is 0.844 bits per heavy atom. The van der Waals surface area contributed by atoms with E-state index in [1.165, 1.54) is 12.1 Å². The predicted molar refractivity (Wildman–Crippen MR) is 101 cm³/mol. The van der Waals surface area contributed by atoms with Gasteiger partial charge < -0.3 is 15.7 Å². The standard InChI is InChI=1S/C18H15F6N7O/c1-9(8-32)27-13-7-14(28-10-2-4-25-12(6-10)18(22,23)24)31-16(30-13)15-26-5-3-11(29-15)17(19,20)21/h2-7,9,32H,8H2,1H3,(H2,25,27,28,30,31). The van der Waals surface area contributed by atoms with Crippen molar-refractivity contribution in [2.24, 2.45) is 0 Å². The van der Waals surface area contributed by atoms with Crippen molar-refractivity contribution < 1.29 is 31.4 Å². The normalized spacial score (nSPS) is 13.0. The van der Waals surface area contributed by atoms with E-state index in [9.17, 15) is 31.4 Å². The van der Waals surface area contributed by atoms with Gasteiger partial charge in [0, 0.05) is 30.2 Å². The summed E-state index contributed by atoms with van der Waals surface area (Å²) in [5, 5.41) is 14.7. The summed E-state index contributed by atoms with van der Waals surface area (Å²) in [6, 6.07) is 3.48. The Kier molecular flexibility index (Phi) is 6.43. The van der Waals surface area contributed by atoms with E-state index >= 15 is 0 Å². The van der Waals surface area contributed by atoms with Gasteiger partial charge in [-0.25, -0.2) is 19.9 Å². The molecule has 1 atom stereocenters. The molecule has 170 valence electrons. The largest absolute Gasteiger partial charge is 0.433 e. The van der Waals surface area contributed by atoms with Gasteiger partial charge in [0.15, 0.2) is 5.82 Å². The lowest BCUT2D eigenvalue weighted by Crippen LogP contribution is -2.20. The molecule has 3 aromatic rings. The molecule has 8 nitrogen and oxygen atoms in total. The van der Waals surface area contributed by atoms with Crippen LogP contribution in [0.1, 0.15) is 18.3 Å². The van der Waals surface area contributed by atoms with Crippen molar-refractivity contribution in [2.45, 2.75) is 25.3 Å². The molecule has 0 saturated carbocycles. The maximum absolute atomic E-state index is 13.0. The molecular formula is C18H15F6N7O. The first-order valence-corrected chi connectivity index (χ1v) is 8.93. The highest BCUT2D eigenvalue weighted by atomic mass is 19.4. The number of hydrogen-bond acceptors (Lipinski definition) is 8. The molecule has 32 heavy (non-hydrogen) atoms. The Labute approximate surface area is 176 Å². The fraction of sp³-hybridized carbons (Fsp3) is 0.278. The third-order valence-electron chi connectivity index (χ3n) is 3.86. The quantitative estimate of drug-likeness (QED) is 0.477. The van der Waals surface area contributed by atoms with Crippen LogP contribution in [0.3, 0.4) is 0 Å². The second-order valence-electron chi connectivity index (χ2n) is 6.51. The summed E-state index contributed by atoms with van der Waals surface area (Å²) in [7, 11) is 0. The number of hydrogen-bond donors (Lipinski definition) is 3. The number of rotatable bonds is 6. The van der Waals surface area contributed by atoms with Crippen LogP contribution in [0.25, 0.3) is 11.6 Å². The molecule has 0 aliphatic heterocycles. The summed E-state index contributed by atoms with van der Waals surface area (Å²) in [5.41, 5.74) is -2.39. The minimum atomic E-state index is -4.73. The van der Waals surface area contributed by atoms with Crippen LogP contribution in [0, 0.1) is 0 Å². The highest BCUT2D eigenvalue weighted by Crippen LogP contribution is 2.31. The van der Waals surface area contributed by atoms with Gasteiger partial charge in [-0.3, -0.25) is 4.98 Å². The maximum atomic E-state index is 13.0. The van der Waals surface area contributed by atoms with E-state index in [0.717, 1.165) is 18.5 Å². The Balaban J connectivity index is 2.03. The summed E-state index contributed by atoms with van der Waals surface area (Å²) >= 11 is 0. The minimum absolute atomic E-state index is 0.0249. The first kappa shape index (κ1) is 23.1. The molecule has 0 bridgehead atoms. The second kappa shape index (κ2) is 8.90. The summed E-state index contributed by atoms with van der Waals surface area (Å²) in [4.78, 5) is 18.5. The summed E-state index contributed by atoms with van der Waals surface area (Å²) in [6.07, 6.45) is -7.58. The van der Waals surface area contributed by atoms with Gasteiger partial charge in [0.1, 0.15) is 23.0 Å². The summed E-state index contributed by atoms with van der Waals surface area (Å²) < 4.78 is 77.7. The maximum Gasteiger partial charge on any atom is 0.433 e. The van der Waals surface area contributed by atoms with E-state index in [0.29, 0.717) is 6.07 Å². The van der Waals surface area contributed by atoms with Crippen molar-refractivity contribution in [3.63, 3.8) is 0 Å². The zero-order chi connectivity index (χ0) is 23.5. The lowest BCUT2D eigenvalue weighted by atomic mass is 10.3. The number of aliphatic hydroxyl groups excluding tert-OH is 1. The smallest absolute Gasteiger partial charge is 0.394 e. The van der Waals surface area contributed by atoms with Gasteiger partial charge in [-0.15, -0.1) is 0 Å². The van der Waals surface area contributed by atoms with Gasteiger partial charge in [-0.1, -0.05) is 0 Å². The Morgan fingerprint density at radius 3 is 2.16 bits per heavy atom. The van der Waals surface area contributed by atoms with E-state index in [2.05, 4.69) is 35.6 Å². The van der Waals surface area contributed by atoms with Crippen LogP contribution in [0.5, 0.6) is 0 Å². The van der Waals surface area contributed by atoms with Crippen molar-refractivity contribution in [2.75, 3.05) is 17.2 Å². The Bertz CT molecular complexity index is 1090. The first-order chi connectivity index (χ1) is 15.0. The van der Waals surface area contributed by atoms with Crippen molar-refractivity contribution in [1.29, 1.82) is 0 Å². The van der Waals surface area contributed by atoms with Crippen LogP contribution in [0.2, 0.25) is 0 Å². The fourth-order valence-electron chi connectivity index (χ4n) is 2.42. The van der Waals surface area contributed by atoms with E-state index < -0.39 is 35.6 Å². The molecule has 3 rings (SSSR count). The zero-order valence-corrected chi connectivity index (χ0v) is 16.2. The zero-order valence-electron chi connectivity index (χ0n) is 16.2. The summed E-state index contributed by atoms with van der Waals surface area (Å²) in [6.45, 7) is 1.32. The molecule has 0 aliphatic carbocycles. The lowest BCUT2D eigenvalue weighted by Gasteiger charge is -2.15. The Morgan fingerprint density at radius 2 is 1.50 bits per heavy atom. The van der Waals surface area contributed by atoms with Crippen LogP contribution in [-0.4, -0.2) is 42.7 Å². The van der Waals surface area contributed by atoms with E-state index in [1.54, 1.807) is 6.92 Å². The minimum Gasteiger partial charge on any atom is -0.394 e. The molecule has 0 saturated heterocycles. The number of aromatic nitrogens is 5. The first-order valence-electron chi connectivity index (χ1n) is 8.93. The van der Waals surface area contributed by atoms with Gasteiger partial charge in [-0.05, 0) is 25.1 Å². The number of aliphatic hydroxyl groups is 1. The second-order valence-corrected chi connectivity index (χ2v) is 6.51. The van der Waals surface area contributed by atoms with Crippen LogP contribution in [0.15, 0.2) is 36.7 Å². The number of pyridine rings is 1. The third-order valence-corrected chi connectivity index (χ3v) is 3.86. The highest BCUT2D eigenvalue weighted by Gasteiger charge is 2.33. The van der Waals surface area contributed by atoms with E-state index in [-0.39, 0.29) is 29.8 Å². The molecule has 3 heterocycles. The number of alkyl halides is 6. The number of nitrogens with zero attached hydrogens (tertiary/aromatic N) is 5. The molecule has 0 aromatic carbocycles. The number of anilines is 3. The van der Waals surface area contributed by atoms with E-state index in [1.807, 2.05) is 0 Å². The van der Waals surface area contributed by atoms with Gasteiger partial charge in [-0.2, -0.15) is 26.3 Å². The van der Waals surface area contributed by atoms with Gasteiger partial charge >= 0.3 is 12.4 Å². The molecule has 0 spiro atoms. The van der Waals surface area contributed by atoms with Crippen molar-refractivity contribution in [1.82, 2.24) is 24.9 Å².